The summed E-state index contributed by atoms with van der Waals surface area (Å²) in [6.45, 7) is 0. The maximum absolute atomic E-state index is 10.6. The highest BCUT2D eigenvalue weighted by Gasteiger charge is 2.30. The number of rotatable bonds is 1. The summed E-state index contributed by atoms with van der Waals surface area (Å²) in [6.07, 6.45) is 1.82. The van der Waals surface area contributed by atoms with Gasteiger partial charge in [0.25, 0.3) is 5.70 Å². The lowest BCUT2D eigenvalue weighted by atomic mass is 10.1. The quantitative estimate of drug-likeness (QED) is 0.271. The van der Waals surface area contributed by atoms with Crippen molar-refractivity contribution < 1.29 is 13.3 Å². The van der Waals surface area contributed by atoms with Gasteiger partial charge in [0.15, 0.2) is 9.84 Å². The van der Waals surface area contributed by atoms with Crippen molar-refractivity contribution in [2.24, 2.45) is 0 Å². The van der Waals surface area contributed by atoms with Gasteiger partial charge in [0.05, 0.1) is 11.3 Å². The molecule has 7 nitrogen and oxygen atoms in total. The molecule has 72 valence electrons. The zero-order valence-electron chi connectivity index (χ0n) is 6.74. The molecule has 0 aromatic rings. The Kier molecular flexibility index (Phi) is 2.73. The summed E-state index contributed by atoms with van der Waals surface area (Å²) in [7, 11) is -2.62. The molecule has 14 heavy (non-hydrogen) atoms. The molecule has 0 heterocycles. The molecule has 1 rings (SSSR count). The first-order chi connectivity index (χ1) is 6.56. The van der Waals surface area contributed by atoms with E-state index in [1.807, 2.05) is 0 Å². The average Bonchev–Trinajstić information content (AvgIpc) is 2.16. The zero-order chi connectivity index (χ0) is 10.7. The predicted molar refractivity (Wildman–Crippen MR) is 46.8 cm³/mol. The molecule has 0 saturated heterocycles. The molecule has 0 atom stereocenters. The van der Waals surface area contributed by atoms with Gasteiger partial charge in [-0.3, -0.25) is 10.1 Å². The van der Waals surface area contributed by atoms with Crippen LogP contribution in [0.15, 0.2) is 23.5 Å². The molecular formula is C6H4N3O4S+. The van der Waals surface area contributed by atoms with E-state index in [0.717, 1.165) is 12.2 Å². The topological polar surface area (TPSA) is 105 Å². The highest BCUT2D eigenvalue weighted by molar-refractivity contribution is 7.73. The maximum Gasteiger partial charge on any atom is 0.404 e. The van der Waals surface area contributed by atoms with E-state index < -0.39 is 15.2 Å². The monoisotopic (exact) mass is 214 g/mol. The van der Waals surface area contributed by atoms with Gasteiger partial charge in [-0.1, -0.05) is 0 Å². The maximum atomic E-state index is 10.6. The summed E-state index contributed by atoms with van der Waals surface area (Å²) < 4.78 is 21.2. The van der Waals surface area contributed by atoms with Crippen LogP contribution in [0.2, 0.25) is 0 Å². The Balaban J connectivity index is 3.30. The Morgan fingerprint density at radius 2 is 2.14 bits per heavy atom. The Morgan fingerprint density at radius 3 is 2.57 bits per heavy atom. The van der Waals surface area contributed by atoms with E-state index in [9.17, 15) is 18.5 Å². The normalized spacial score (nSPS) is 15.2. The lowest BCUT2D eigenvalue weighted by Crippen LogP contribution is -2.12. The van der Waals surface area contributed by atoms with E-state index >= 15 is 0 Å². The van der Waals surface area contributed by atoms with E-state index in [0.29, 0.717) is 0 Å². The molecule has 0 unspecified atom stereocenters. The summed E-state index contributed by atoms with van der Waals surface area (Å²) >= 11 is 0. The summed E-state index contributed by atoms with van der Waals surface area (Å²) in [5.41, 5.74) is -0.430. The highest BCUT2D eigenvalue weighted by atomic mass is 32.2. The van der Waals surface area contributed by atoms with Gasteiger partial charge >= 0.3 is 5.70 Å². The number of nitrogens with zero attached hydrogens (tertiary/aromatic N) is 3. The van der Waals surface area contributed by atoms with Gasteiger partial charge in [-0.15, -0.1) is 0 Å². The molecule has 0 saturated carbocycles. The second-order valence-electron chi connectivity index (χ2n) is 2.40. The van der Waals surface area contributed by atoms with E-state index in [2.05, 4.69) is 4.98 Å². The van der Waals surface area contributed by atoms with E-state index in [1.165, 1.54) is 0 Å². The Bertz CT molecular complexity index is 512. The van der Waals surface area contributed by atoms with Gasteiger partial charge in [0.1, 0.15) is 0 Å². The van der Waals surface area contributed by atoms with E-state index in [4.69, 9.17) is 5.39 Å². The number of diazo groups is 1. The largest absolute Gasteiger partial charge is 0.404 e. The second-order valence-corrected chi connectivity index (χ2v) is 3.36. The molecule has 0 aromatic heterocycles. The van der Waals surface area contributed by atoms with Crippen LogP contribution in [0, 0.1) is 15.5 Å². The van der Waals surface area contributed by atoms with Crippen molar-refractivity contribution in [2.45, 2.75) is 6.42 Å². The van der Waals surface area contributed by atoms with Crippen molar-refractivity contribution in [1.29, 1.82) is 5.39 Å². The third kappa shape index (κ3) is 1.83. The van der Waals surface area contributed by atoms with Crippen LogP contribution < -0.4 is 0 Å². The molecule has 0 N–H and O–H groups in total. The minimum Gasteiger partial charge on any atom is -0.259 e. The second kappa shape index (κ2) is 3.80. The molecule has 0 aromatic carbocycles. The van der Waals surface area contributed by atoms with Crippen molar-refractivity contribution in [1.82, 2.24) is 0 Å². The molecule has 1 aliphatic rings. The molecule has 0 radical (unpaired) electrons. The first-order valence-electron chi connectivity index (χ1n) is 3.42. The third-order valence-corrected chi connectivity index (χ3v) is 2.36. The summed E-state index contributed by atoms with van der Waals surface area (Å²) in [5.74, 6) is 0. The predicted octanol–water partition coefficient (Wildman–Crippen LogP) is 0.339. The average molecular weight is 214 g/mol. The molecule has 0 aliphatic heterocycles. The van der Waals surface area contributed by atoms with Gasteiger partial charge in [-0.05, 0) is 0 Å². The van der Waals surface area contributed by atoms with Crippen LogP contribution >= 0.6 is 0 Å². The van der Waals surface area contributed by atoms with Crippen LogP contribution in [-0.4, -0.2) is 18.2 Å². The van der Waals surface area contributed by atoms with Crippen LogP contribution in [0.25, 0.3) is 4.98 Å². The van der Waals surface area contributed by atoms with Crippen LogP contribution in [0.5, 0.6) is 0 Å². The van der Waals surface area contributed by atoms with Crippen molar-refractivity contribution in [3.8, 4) is 0 Å². The van der Waals surface area contributed by atoms with Crippen molar-refractivity contribution >= 4 is 15.2 Å². The van der Waals surface area contributed by atoms with Gasteiger partial charge in [0.2, 0.25) is 15.7 Å². The van der Waals surface area contributed by atoms with Crippen molar-refractivity contribution in [2.75, 3.05) is 0 Å². The fourth-order valence-corrected chi connectivity index (χ4v) is 1.49. The first kappa shape index (κ1) is 10.1. The van der Waals surface area contributed by atoms with Gasteiger partial charge in [-0.25, -0.2) is 0 Å². The van der Waals surface area contributed by atoms with E-state index in [-0.39, 0.29) is 22.7 Å². The lowest BCUT2D eigenvalue weighted by Gasteiger charge is -1.97. The molecular weight excluding hydrogens is 210 g/mol. The Morgan fingerprint density at radius 1 is 1.50 bits per heavy atom. The molecule has 0 spiro atoms. The smallest absolute Gasteiger partial charge is 0.259 e. The van der Waals surface area contributed by atoms with Gasteiger partial charge < -0.3 is 0 Å². The number of hydrogen-bond acceptors (Lipinski definition) is 5. The fourth-order valence-electron chi connectivity index (χ4n) is 0.941. The van der Waals surface area contributed by atoms with Gasteiger partial charge in [0, 0.05) is 12.2 Å². The van der Waals surface area contributed by atoms with Crippen molar-refractivity contribution in [3.05, 3.63) is 38.6 Å². The Hall–Kier alpha value is -2.01. The van der Waals surface area contributed by atoms with E-state index in [1.54, 1.807) is 0 Å². The third-order valence-electron chi connectivity index (χ3n) is 1.60. The van der Waals surface area contributed by atoms with Crippen LogP contribution in [0.3, 0.4) is 0 Å². The zero-order valence-corrected chi connectivity index (χ0v) is 7.56. The van der Waals surface area contributed by atoms with Crippen molar-refractivity contribution in [3.63, 3.8) is 0 Å². The molecule has 0 bridgehead atoms. The summed E-state index contributed by atoms with van der Waals surface area (Å²) in [4.78, 5) is 12.1. The number of hydrogen-bond donors (Lipinski definition) is 0. The SMILES string of the molecule is N#[N+]C1=CC=C([N+](=O)[O-])CC1=S(=O)=O. The fraction of sp³-hybridized carbons (Fsp3) is 0.167. The minimum atomic E-state index is -2.62. The number of allylic oxidation sites excluding steroid dienone is 4. The van der Waals surface area contributed by atoms with Gasteiger partial charge in [-0.2, -0.15) is 8.42 Å². The standard InChI is InChI=1S/C6H4N3O4S/c7-8-5-2-1-4(9(10)11)3-6(5)14(12)13/h1-2H,3H2/q+1. The number of nitro groups is 1. The van der Waals surface area contributed by atoms with Crippen LogP contribution in [-0.2, 0) is 10.3 Å². The van der Waals surface area contributed by atoms with Crippen LogP contribution in [0.1, 0.15) is 6.42 Å². The molecule has 8 heteroatoms. The Labute approximate surface area is 79.7 Å². The molecule has 0 amide bonds. The molecule has 0 fully saturated rings. The molecule has 1 aliphatic carbocycles. The summed E-state index contributed by atoms with van der Waals surface area (Å²) in [5, 5.41) is 18.7. The van der Waals surface area contributed by atoms with Crippen LogP contribution in [0.4, 0.5) is 0 Å². The summed E-state index contributed by atoms with van der Waals surface area (Å²) in [6, 6.07) is 0. The first-order valence-corrected chi connectivity index (χ1v) is 4.49. The minimum absolute atomic E-state index is 0.177. The lowest BCUT2D eigenvalue weighted by molar-refractivity contribution is -0.426. The highest BCUT2D eigenvalue weighted by Crippen LogP contribution is 2.16.